The van der Waals surface area contributed by atoms with Crippen LogP contribution in [0, 0.1) is 0 Å². The van der Waals surface area contributed by atoms with Crippen molar-refractivity contribution in [1.29, 1.82) is 0 Å². The Labute approximate surface area is 149 Å². The monoisotopic (exact) mass is 359 g/mol. The summed E-state index contributed by atoms with van der Waals surface area (Å²) in [5.41, 5.74) is 2.07. The number of nitrogens with zero attached hydrogens (tertiary/aromatic N) is 3. The maximum absolute atomic E-state index is 12.4. The molecule has 3 aromatic heterocycles. The molecule has 4 heterocycles. The van der Waals surface area contributed by atoms with E-state index in [1.807, 2.05) is 18.2 Å². The van der Waals surface area contributed by atoms with Crippen molar-refractivity contribution >= 4 is 11.5 Å². The summed E-state index contributed by atoms with van der Waals surface area (Å²) in [5.74, 6) is 0.890. The third kappa shape index (κ3) is 3.60. The van der Waals surface area contributed by atoms with E-state index in [4.69, 9.17) is 0 Å². The van der Waals surface area contributed by atoms with Crippen LogP contribution in [0.2, 0.25) is 0 Å². The summed E-state index contributed by atoms with van der Waals surface area (Å²) in [6, 6.07) is 9.11. The number of hydrogen-bond donors (Lipinski definition) is 2. The molecule has 0 saturated carbocycles. The van der Waals surface area contributed by atoms with Crippen molar-refractivity contribution in [1.82, 2.24) is 19.7 Å². The lowest BCUT2D eigenvalue weighted by molar-refractivity contribution is -0.0498. The fraction of sp³-hybridized carbons (Fsp3) is 0.333. The van der Waals surface area contributed by atoms with Gasteiger partial charge in [-0.05, 0) is 37.6 Å². The van der Waals surface area contributed by atoms with Crippen LogP contribution in [-0.4, -0.2) is 40.1 Å². The third-order valence-corrected chi connectivity index (χ3v) is 4.37. The van der Waals surface area contributed by atoms with Crippen LogP contribution in [0.4, 0.5) is 14.6 Å². The standard InChI is InChI=1S/C18H19F2N5O/c19-18(20)26-13-6-8-25-15(11-22-17(25)9-13)14-4-1-5-16(24-14)23-12-3-2-7-21-10-12/h1,4-6,8-9,11-12,18,21H,2-3,7,10H2,(H,23,24). The summed E-state index contributed by atoms with van der Waals surface area (Å²) in [5, 5.41) is 6.83. The van der Waals surface area contributed by atoms with Crippen molar-refractivity contribution in [2.75, 3.05) is 18.4 Å². The van der Waals surface area contributed by atoms with E-state index in [1.165, 1.54) is 12.1 Å². The van der Waals surface area contributed by atoms with E-state index in [-0.39, 0.29) is 5.75 Å². The molecule has 2 N–H and O–H groups in total. The minimum absolute atomic E-state index is 0.0813. The first-order chi connectivity index (χ1) is 12.7. The molecule has 0 spiro atoms. The molecule has 136 valence electrons. The van der Waals surface area contributed by atoms with Gasteiger partial charge in [-0.15, -0.1) is 0 Å². The molecule has 6 nitrogen and oxygen atoms in total. The van der Waals surface area contributed by atoms with E-state index >= 15 is 0 Å². The van der Waals surface area contributed by atoms with Crippen LogP contribution in [0.5, 0.6) is 5.75 Å². The molecule has 1 aliphatic heterocycles. The van der Waals surface area contributed by atoms with Crippen LogP contribution in [0.25, 0.3) is 17.0 Å². The van der Waals surface area contributed by atoms with E-state index in [2.05, 4.69) is 25.3 Å². The van der Waals surface area contributed by atoms with Crippen LogP contribution in [0.3, 0.4) is 0 Å². The highest BCUT2D eigenvalue weighted by Gasteiger charge is 2.14. The zero-order valence-corrected chi connectivity index (χ0v) is 14.0. The van der Waals surface area contributed by atoms with E-state index in [0.717, 1.165) is 43.1 Å². The van der Waals surface area contributed by atoms with Gasteiger partial charge in [0.1, 0.15) is 17.2 Å². The zero-order valence-electron chi connectivity index (χ0n) is 14.0. The van der Waals surface area contributed by atoms with Gasteiger partial charge in [-0.1, -0.05) is 6.07 Å². The van der Waals surface area contributed by atoms with Crippen molar-refractivity contribution in [2.45, 2.75) is 25.5 Å². The Balaban J connectivity index is 1.59. The Kier molecular flexibility index (Phi) is 4.66. The Morgan fingerprint density at radius 2 is 2.23 bits per heavy atom. The lowest BCUT2D eigenvalue weighted by Gasteiger charge is -2.24. The maximum Gasteiger partial charge on any atom is 0.387 e. The second-order valence-corrected chi connectivity index (χ2v) is 6.21. The number of halogens is 2. The Morgan fingerprint density at radius 3 is 3.04 bits per heavy atom. The Morgan fingerprint density at radius 1 is 1.31 bits per heavy atom. The van der Waals surface area contributed by atoms with E-state index in [1.54, 1.807) is 16.8 Å². The molecular formula is C18H19F2N5O. The first-order valence-corrected chi connectivity index (χ1v) is 8.56. The number of alkyl halides is 2. The SMILES string of the molecule is FC(F)Oc1ccn2c(-c3cccc(NC4CCCNC4)n3)cnc2c1. The molecule has 0 amide bonds. The first-order valence-electron chi connectivity index (χ1n) is 8.56. The van der Waals surface area contributed by atoms with Gasteiger partial charge >= 0.3 is 6.61 Å². The second kappa shape index (κ2) is 7.25. The average Bonchev–Trinajstić information content (AvgIpc) is 3.05. The van der Waals surface area contributed by atoms with Gasteiger partial charge in [0.05, 0.1) is 17.6 Å². The molecular weight excluding hydrogens is 340 g/mol. The van der Waals surface area contributed by atoms with Crippen molar-refractivity contribution in [3.05, 3.63) is 42.7 Å². The van der Waals surface area contributed by atoms with Crippen molar-refractivity contribution in [3.63, 3.8) is 0 Å². The molecule has 3 aromatic rings. The van der Waals surface area contributed by atoms with Crippen LogP contribution in [-0.2, 0) is 0 Å². The first kappa shape index (κ1) is 16.7. The minimum atomic E-state index is -2.86. The molecule has 1 atom stereocenters. The van der Waals surface area contributed by atoms with Crippen molar-refractivity contribution < 1.29 is 13.5 Å². The Bertz CT molecular complexity index is 892. The highest BCUT2D eigenvalue weighted by Crippen LogP contribution is 2.24. The molecule has 1 fully saturated rings. The predicted octanol–water partition coefficient (Wildman–Crippen LogP) is 3.16. The molecule has 0 bridgehead atoms. The number of anilines is 1. The van der Waals surface area contributed by atoms with Crippen molar-refractivity contribution in [2.24, 2.45) is 0 Å². The normalized spacial score (nSPS) is 17.6. The summed E-state index contributed by atoms with van der Waals surface area (Å²) >= 11 is 0. The third-order valence-electron chi connectivity index (χ3n) is 4.37. The molecule has 1 unspecified atom stereocenters. The van der Waals surface area contributed by atoms with Gasteiger partial charge in [-0.2, -0.15) is 8.78 Å². The molecule has 0 aromatic carbocycles. The fourth-order valence-corrected chi connectivity index (χ4v) is 3.17. The van der Waals surface area contributed by atoms with Crippen LogP contribution >= 0.6 is 0 Å². The fourth-order valence-electron chi connectivity index (χ4n) is 3.17. The summed E-state index contributed by atoms with van der Waals surface area (Å²) in [4.78, 5) is 8.96. The van der Waals surface area contributed by atoms with Gasteiger partial charge in [-0.25, -0.2) is 9.97 Å². The van der Waals surface area contributed by atoms with Gasteiger partial charge < -0.3 is 15.4 Å². The molecule has 4 rings (SSSR count). The number of ether oxygens (including phenoxy) is 1. The number of aromatic nitrogens is 3. The highest BCUT2D eigenvalue weighted by atomic mass is 19.3. The highest BCUT2D eigenvalue weighted by molar-refractivity contribution is 5.62. The Hall–Kier alpha value is -2.74. The molecule has 8 heteroatoms. The van der Waals surface area contributed by atoms with Gasteiger partial charge in [0.2, 0.25) is 0 Å². The van der Waals surface area contributed by atoms with Crippen molar-refractivity contribution in [3.8, 4) is 17.1 Å². The summed E-state index contributed by atoms with van der Waals surface area (Å²) in [7, 11) is 0. The van der Waals surface area contributed by atoms with Gasteiger partial charge in [-0.3, -0.25) is 4.40 Å². The maximum atomic E-state index is 12.4. The molecule has 0 radical (unpaired) electrons. The number of pyridine rings is 2. The molecule has 0 aliphatic carbocycles. The van der Waals surface area contributed by atoms with Gasteiger partial charge in [0.15, 0.2) is 0 Å². The topological polar surface area (TPSA) is 63.5 Å². The number of rotatable bonds is 5. The van der Waals surface area contributed by atoms with E-state index < -0.39 is 6.61 Å². The van der Waals surface area contributed by atoms with Crippen LogP contribution in [0.1, 0.15) is 12.8 Å². The smallest absolute Gasteiger partial charge is 0.387 e. The number of fused-ring (bicyclic) bond motifs is 1. The lowest BCUT2D eigenvalue weighted by Crippen LogP contribution is -2.38. The quantitative estimate of drug-likeness (QED) is 0.733. The summed E-state index contributed by atoms with van der Waals surface area (Å²) in [6.45, 7) is -0.871. The molecule has 26 heavy (non-hydrogen) atoms. The second-order valence-electron chi connectivity index (χ2n) is 6.21. The zero-order chi connectivity index (χ0) is 17.9. The average molecular weight is 359 g/mol. The number of nitrogens with one attached hydrogen (secondary N) is 2. The van der Waals surface area contributed by atoms with Crippen LogP contribution < -0.4 is 15.4 Å². The molecule has 1 aliphatic rings. The van der Waals surface area contributed by atoms with Gasteiger partial charge in [0, 0.05) is 24.8 Å². The van der Waals surface area contributed by atoms with Gasteiger partial charge in [0.25, 0.3) is 0 Å². The summed E-state index contributed by atoms with van der Waals surface area (Å²) < 4.78 is 30.9. The van der Waals surface area contributed by atoms with E-state index in [9.17, 15) is 8.78 Å². The largest absolute Gasteiger partial charge is 0.435 e. The molecule has 1 saturated heterocycles. The number of imidazole rings is 1. The van der Waals surface area contributed by atoms with Crippen LogP contribution in [0.15, 0.2) is 42.7 Å². The number of hydrogen-bond acceptors (Lipinski definition) is 5. The lowest BCUT2D eigenvalue weighted by atomic mass is 10.1. The van der Waals surface area contributed by atoms with E-state index in [0.29, 0.717) is 11.7 Å². The number of piperidine rings is 1. The predicted molar refractivity (Wildman–Crippen MR) is 94.6 cm³/mol. The summed E-state index contributed by atoms with van der Waals surface area (Å²) in [6.07, 6.45) is 5.59. The minimum Gasteiger partial charge on any atom is -0.435 e.